The van der Waals surface area contributed by atoms with E-state index in [0.717, 1.165) is 13.1 Å². The van der Waals surface area contributed by atoms with Crippen molar-refractivity contribution in [1.29, 1.82) is 0 Å². The second kappa shape index (κ2) is 4.03. The van der Waals surface area contributed by atoms with Crippen molar-refractivity contribution in [3.8, 4) is 0 Å². The van der Waals surface area contributed by atoms with Crippen LogP contribution in [0.5, 0.6) is 0 Å². The summed E-state index contributed by atoms with van der Waals surface area (Å²) in [5.41, 5.74) is 6.48. The highest BCUT2D eigenvalue weighted by Gasteiger charge is 2.34. The Kier molecular flexibility index (Phi) is 2.82. The van der Waals surface area contributed by atoms with Crippen LogP contribution in [0, 0.1) is 0 Å². The van der Waals surface area contributed by atoms with E-state index in [1.807, 2.05) is 4.90 Å². The SMILES string of the molecule is CN1CCN(C(=O)c2[nH]ncc2N)CC1(C)C. The molecule has 0 aromatic carbocycles. The fraction of sp³-hybridized carbons (Fsp3) is 0.636. The highest BCUT2D eigenvalue weighted by Crippen LogP contribution is 2.21. The zero-order valence-corrected chi connectivity index (χ0v) is 10.5. The van der Waals surface area contributed by atoms with Crippen molar-refractivity contribution in [1.82, 2.24) is 20.0 Å². The van der Waals surface area contributed by atoms with Gasteiger partial charge in [0, 0.05) is 25.2 Å². The van der Waals surface area contributed by atoms with Gasteiger partial charge in [-0.05, 0) is 20.9 Å². The fourth-order valence-corrected chi connectivity index (χ4v) is 2.04. The third-order valence-corrected chi connectivity index (χ3v) is 3.49. The molecule has 6 nitrogen and oxygen atoms in total. The topological polar surface area (TPSA) is 78.2 Å². The molecule has 2 rings (SSSR count). The Balaban J connectivity index is 2.15. The Hall–Kier alpha value is -1.56. The van der Waals surface area contributed by atoms with E-state index in [2.05, 4.69) is 36.0 Å². The van der Waals surface area contributed by atoms with Crippen molar-refractivity contribution in [3.05, 3.63) is 11.9 Å². The van der Waals surface area contributed by atoms with Crippen LogP contribution in [0.3, 0.4) is 0 Å². The number of nitrogens with zero attached hydrogens (tertiary/aromatic N) is 3. The molecule has 0 saturated carbocycles. The van der Waals surface area contributed by atoms with Gasteiger partial charge in [0.15, 0.2) is 0 Å². The minimum atomic E-state index is -0.0684. The smallest absolute Gasteiger partial charge is 0.274 e. The van der Waals surface area contributed by atoms with Gasteiger partial charge in [-0.3, -0.25) is 14.8 Å². The lowest BCUT2D eigenvalue weighted by Gasteiger charge is -2.45. The maximum Gasteiger partial charge on any atom is 0.274 e. The van der Waals surface area contributed by atoms with E-state index in [1.54, 1.807) is 0 Å². The lowest BCUT2D eigenvalue weighted by molar-refractivity contribution is 0.0308. The van der Waals surface area contributed by atoms with E-state index in [0.29, 0.717) is 17.9 Å². The third kappa shape index (κ3) is 2.12. The van der Waals surface area contributed by atoms with E-state index >= 15 is 0 Å². The minimum absolute atomic E-state index is 0.0112. The number of likely N-dealkylation sites (N-methyl/N-ethyl adjacent to an activating group) is 1. The van der Waals surface area contributed by atoms with Crippen molar-refractivity contribution in [3.63, 3.8) is 0 Å². The van der Waals surface area contributed by atoms with Gasteiger partial charge in [0.25, 0.3) is 5.91 Å². The standard InChI is InChI=1S/C11H19N5O/c1-11(2)7-16(5-4-15(11)3)10(17)9-8(12)6-13-14-9/h6H,4-5,7,12H2,1-3H3,(H,13,14). The van der Waals surface area contributed by atoms with E-state index in [1.165, 1.54) is 6.20 Å². The van der Waals surface area contributed by atoms with Crippen LogP contribution in [0.2, 0.25) is 0 Å². The van der Waals surface area contributed by atoms with Crippen LogP contribution in [0.15, 0.2) is 6.20 Å². The molecule has 6 heteroatoms. The molecular weight excluding hydrogens is 218 g/mol. The largest absolute Gasteiger partial charge is 0.396 e. The van der Waals surface area contributed by atoms with E-state index in [4.69, 9.17) is 5.73 Å². The fourth-order valence-electron chi connectivity index (χ4n) is 2.04. The zero-order valence-electron chi connectivity index (χ0n) is 10.5. The number of nitrogen functional groups attached to an aromatic ring is 1. The number of nitrogens with one attached hydrogen (secondary N) is 1. The van der Waals surface area contributed by atoms with Gasteiger partial charge in [-0.15, -0.1) is 0 Å². The molecular formula is C11H19N5O. The zero-order chi connectivity index (χ0) is 12.6. The summed E-state index contributed by atoms with van der Waals surface area (Å²) >= 11 is 0. The van der Waals surface area contributed by atoms with Crippen LogP contribution in [-0.4, -0.2) is 58.1 Å². The number of piperazine rings is 1. The summed E-state index contributed by atoms with van der Waals surface area (Å²) in [5.74, 6) is -0.0684. The number of amides is 1. The second-order valence-electron chi connectivity index (χ2n) is 5.16. The highest BCUT2D eigenvalue weighted by atomic mass is 16.2. The summed E-state index contributed by atoms with van der Waals surface area (Å²) in [6, 6.07) is 0. The molecule has 1 aliphatic heterocycles. The first-order chi connectivity index (χ1) is 7.92. The molecule has 0 radical (unpaired) electrons. The number of anilines is 1. The maximum atomic E-state index is 12.2. The first-order valence-corrected chi connectivity index (χ1v) is 5.71. The summed E-state index contributed by atoms with van der Waals surface area (Å²) in [6.07, 6.45) is 1.47. The Bertz CT molecular complexity index is 425. The molecule has 1 aliphatic rings. The molecule has 0 spiro atoms. The number of aromatic amines is 1. The molecule has 3 N–H and O–H groups in total. The van der Waals surface area contributed by atoms with Gasteiger partial charge >= 0.3 is 0 Å². The molecule has 0 aliphatic carbocycles. The summed E-state index contributed by atoms with van der Waals surface area (Å²) < 4.78 is 0. The molecule has 17 heavy (non-hydrogen) atoms. The van der Waals surface area contributed by atoms with Gasteiger partial charge in [0.2, 0.25) is 0 Å². The number of hydrogen-bond acceptors (Lipinski definition) is 4. The van der Waals surface area contributed by atoms with Crippen LogP contribution >= 0.6 is 0 Å². The van der Waals surface area contributed by atoms with Crippen LogP contribution in [0.25, 0.3) is 0 Å². The Morgan fingerprint density at radius 3 is 2.76 bits per heavy atom. The number of hydrogen-bond donors (Lipinski definition) is 2. The van der Waals surface area contributed by atoms with E-state index < -0.39 is 0 Å². The van der Waals surface area contributed by atoms with Gasteiger partial charge in [-0.25, -0.2) is 0 Å². The number of H-pyrrole nitrogens is 1. The number of carbonyl (C=O) groups excluding carboxylic acids is 1. The van der Waals surface area contributed by atoms with Crippen LogP contribution < -0.4 is 5.73 Å². The second-order valence-corrected chi connectivity index (χ2v) is 5.16. The number of aromatic nitrogens is 2. The van der Waals surface area contributed by atoms with E-state index in [9.17, 15) is 4.79 Å². The number of rotatable bonds is 1. The molecule has 0 atom stereocenters. The predicted molar refractivity (Wildman–Crippen MR) is 65.6 cm³/mol. The normalized spacial score (nSPS) is 20.5. The average molecular weight is 237 g/mol. The first kappa shape index (κ1) is 11.9. The molecule has 1 aromatic rings. The van der Waals surface area contributed by atoms with Gasteiger partial charge < -0.3 is 10.6 Å². The van der Waals surface area contributed by atoms with Crippen LogP contribution in [0.1, 0.15) is 24.3 Å². The summed E-state index contributed by atoms with van der Waals surface area (Å²) in [4.78, 5) is 16.3. The lowest BCUT2D eigenvalue weighted by atomic mass is 9.99. The first-order valence-electron chi connectivity index (χ1n) is 5.71. The van der Waals surface area contributed by atoms with Crippen molar-refractivity contribution in [2.24, 2.45) is 0 Å². The predicted octanol–water partition coefficient (Wildman–Crippen LogP) is 0.158. The molecule has 0 unspecified atom stereocenters. The van der Waals surface area contributed by atoms with Crippen LogP contribution in [0.4, 0.5) is 5.69 Å². The molecule has 0 bridgehead atoms. The van der Waals surface area contributed by atoms with Crippen molar-refractivity contribution in [2.45, 2.75) is 19.4 Å². The quantitative estimate of drug-likeness (QED) is 0.729. The molecule has 2 heterocycles. The van der Waals surface area contributed by atoms with Gasteiger partial charge in [0.1, 0.15) is 5.69 Å². The maximum absolute atomic E-state index is 12.2. The molecule has 1 amide bonds. The van der Waals surface area contributed by atoms with Gasteiger partial charge in [0.05, 0.1) is 11.9 Å². The number of carbonyl (C=O) groups is 1. The average Bonchev–Trinajstić information content (AvgIpc) is 2.67. The summed E-state index contributed by atoms with van der Waals surface area (Å²) in [5, 5.41) is 6.44. The third-order valence-electron chi connectivity index (χ3n) is 3.49. The Labute approximate surface area is 101 Å². The molecule has 1 saturated heterocycles. The Morgan fingerprint density at radius 2 is 2.24 bits per heavy atom. The van der Waals surface area contributed by atoms with E-state index in [-0.39, 0.29) is 11.4 Å². The molecule has 1 fully saturated rings. The summed E-state index contributed by atoms with van der Waals surface area (Å²) in [6.45, 7) is 6.54. The number of nitrogens with two attached hydrogens (primary N) is 1. The Morgan fingerprint density at radius 1 is 1.53 bits per heavy atom. The van der Waals surface area contributed by atoms with Crippen molar-refractivity contribution in [2.75, 3.05) is 32.4 Å². The summed E-state index contributed by atoms with van der Waals surface area (Å²) in [7, 11) is 2.08. The molecule has 94 valence electrons. The van der Waals surface area contributed by atoms with Gasteiger partial charge in [-0.2, -0.15) is 5.10 Å². The van der Waals surface area contributed by atoms with Crippen LogP contribution in [-0.2, 0) is 0 Å². The van der Waals surface area contributed by atoms with Crippen molar-refractivity contribution >= 4 is 11.6 Å². The lowest BCUT2D eigenvalue weighted by Crippen LogP contribution is -2.58. The van der Waals surface area contributed by atoms with Crippen molar-refractivity contribution < 1.29 is 4.79 Å². The monoisotopic (exact) mass is 237 g/mol. The minimum Gasteiger partial charge on any atom is -0.396 e. The molecule has 1 aromatic heterocycles. The highest BCUT2D eigenvalue weighted by molar-refractivity contribution is 5.97. The van der Waals surface area contributed by atoms with Gasteiger partial charge in [-0.1, -0.05) is 0 Å².